The first-order valence-corrected chi connectivity index (χ1v) is 11.5. The van der Waals surface area contributed by atoms with Gasteiger partial charge in [0.05, 0.1) is 17.5 Å². The van der Waals surface area contributed by atoms with E-state index in [2.05, 4.69) is 15.4 Å². The van der Waals surface area contributed by atoms with Crippen LogP contribution in [0.4, 0.5) is 0 Å². The molecule has 31 heavy (non-hydrogen) atoms. The van der Waals surface area contributed by atoms with Gasteiger partial charge in [0.15, 0.2) is 0 Å². The fourth-order valence-electron chi connectivity index (χ4n) is 3.01. The molecule has 12 heteroatoms. The Morgan fingerprint density at radius 3 is 2.48 bits per heavy atom. The molecule has 1 aromatic heterocycles. The van der Waals surface area contributed by atoms with Crippen molar-refractivity contribution in [1.29, 1.82) is 0 Å². The summed E-state index contributed by atoms with van der Waals surface area (Å²) in [6.07, 6.45) is 3.51. The normalized spacial score (nSPS) is 15.4. The van der Waals surface area contributed by atoms with E-state index in [9.17, 15) is 23.1 Å². The molecule has 2 aromatic rings. The first kappa shape index (κ1) is 22.8. The van der Waals surface area contributed by atoms with Crippen molar-refractivity contribution in [1.82, 2.24) is 19.2 Å². The summed E-state index contributed by atoms with van der Waals surface area (Å²) < 4.78 is 25.3. The maximum absolute atomic E-state index is 12.9. The molecule has 0 saturated carbocycles. The van der Waals surface area contributed by atoms with Crippen LogP contribution in [0.2, 0.25) is 5.02 Å². The van der Waals surface area contributed by atoms with Gasteiger partial charge in [-0.2, -0.15) is 5.10 Å². The van der Waals surface area contributed by atoms with Crippen molar-refractivity contribution in [2.45, 2.75) is 0 Å². The van der Waals surface area contributed by atoms with Crippen LogP contribution in [0.1, 0.15) is 26.4 Å². The average Bonchev–Trinajstić information content (AvgIpc) is 3.15. The van der Waals surface area contributed by atoms with Gasteiger partial charge in [0.25, 0.3) is 11.8 Å². The Balaban J connectivity index is 1.78. The highest BCUT2D eigenvalue weighted by Crippen LogP contribution is 2.23. The van der Waals surface area contributed by atoms with E-state index >= 15 is 0 Å². The molecule has 2 heterocycles. The SMILES string of the molecule is CN1CCN(C(=O)c2cc(C=NNC(=O)c3ccc(O)c(Cl)c3)cn2S(C)(=O)=O)CC1. The molecule has 1 aromatic carbocycles. The number of nitrogens with one attached hydrogen (secondary N) is 1. The number of rotatable bonds is 5. The number of hydrazone groups is 1. The number of phenols is 1. The van der Waals surface area contributed by atoms with Gasteiger partial charge in [-0.3, -0.25) is 9.59 Å². The van der Waals surface area contributed by atoms with E-state index in [-0.39, 0.29) is 27.9 Å². The minimum Gasteiger partial charge on any atom is -0.506 e. The number of halogens is 1. The summed E-state index contributed by atoms with van der Waals surface area (Å²) in [7, 11) is -1.77. The zero-order chi connectivity index (χ0) is 22.8. The van der Waals surface area contributed by atoms with Crippen LogP contribution in [0.3, 0.4) is 0 Å². The molecular weight excluding hydrogens is 446 g/mol. The Labute approximate surface area is 184 Å². The topological polar surface area (TPSA) is 124 Å². The number of piperazine rings is 1. The zero-order valence-corrected chi connectivity index (χ0v) is 18.5. The summed E-state index contributed by atoms with van der Waals surface area (Å²) in [6.45, 7) is 2.40. The predicted molar refractivity (Wildman–Crippen MR) is 116 cm³/mol. The number of hydrogen-bond donors (Lipinski definition) is 2. The van der Waals surface area contributed by atoms with Gasteiger partial charge in [-0.1, -0.05) is 11.6 Å². The van der Waals surface area contributed by atoms with Crippen molar-refractivity contribution < 1.29 is 23.1 Å². The lowest BCUT2D eigenvalue weighted by Crippen LogP contribution is -2.47. The molecule has 1 aliphatic rings. The molecule has 2 amide bonds. The minimum absolute atomic E-state index is 0.00476. The number of nitrogens with zero attached hydrogens (tertiary/aromatic N) is 4. The van der Waals surface area contributed by atoms with Crippen molar-refractivity contribution in [3.63, 3.8) is 0 Å². The molecule has 0 spiro atoms. The van der Waals surface area contributed by atoms with Crippen molar-refractivity contribution >= 4 is 39.7 Å². The molecule has 10 nitrogen and oxygen atoms in total. The standard InChI is InChI=1S/C19H22ClN5O5S/c1-23-5-7-24(8-6-23)19(28)16-9-13(12-25(16)31(2,29)30)11-21-22-18(27)14-3-4-17(26)15(20)10-14/h3-4,9-12,26H,5-8H2,1-2H3,(H,22,27). The highest BCUT2D eigenvalue weighted by Gasteiger charge is 2.26. The highest BCUT2D eigenvalue weighted by molar-refractivity contribution is 7.89. The third-order valence-electron chi connectivity index (χ3n) is 4.76. The Kier molecular flexibility index (Phi) is 6.68. The van der Waals surface area contributed by atoms with Crippen LogP contribution < -0.4 is 5.43 Å². The van der Waals surface area contributed by atoms with Crippen LogP contribution in [-0.2, 0) is 10.0 Å². The second-order valence-corrected chi connectivity index (χ2v) is 9.44. The van der Waals surface area contributed by atoms with Crippen LogP contribution in [0, 0.1) is 0 Å². The Morgan fingerprint density at radius 1 is 1.19 bits per heavy atom. The van der Waals surface area contributed by atoms with Gasteiger partial charge < -0.3 is 14.9 Å². The molecule has 0 atom stereocenters. The number of likely N-dealkylation sites (N-methyl/N-ethyl adjacent to an activating group) is 1. The second kappa shape index (κ2) is 9.08. The maximum Gasteiger partial charge on any atom is 0.271 e. The first-order chi connectivity index (χ1) is 14.6. The molecule has 0 radical (unpaired) electrons. The molecule has 1 saturated heterocycles. The summed E-state index contributed by atoms with van der Waals surface area (Å²) in [5.41, 5.74) is 2.80. The number of hydrogen-bond acceptors (Lipinski definition) is 7. The van der Waals surface area contributed by atoms with Crippen LogP contribution >= 0.6 is 11.6 Å². The molecular formula is C19H22ClN5O5S. The van der Waals surface area contributed by atoms with Gasteiger partial charge in [-0.05, 0) is 31.3 Å². The third-order valence-corrected chi connectivity index (χ3v) is 6.08. The highest BCUT2D eigenvalue weighted by atomic mass is 35.5. The molecule has 2 N–H and O–H groups in total. The molecule has 1 fully saturated rings. The van der Waals surface area contributed by atoms with E-state index in [0.717, 1.165) is 10.2 Å². The Hall–Kier alpha value is -2.89. The zero-order valence-electron chi connectivity index (χ0n) is 16.9. The maximum atomic E-state index is 12.9. The smallest absolute Gasteiger partial charge is 0.271 e. The van der Waals surface area contributed by atoms with E-state index < -0.39 is 15.9 Å². The van der Waals surface area contributed by atoms with E-state index in [1.54, 1.807) is 4.90 Å². The summed E-state index contributed by atoms with van der Waals surface area (Å²) in [6, 6.07) is 5.35. The Bertz CT molecular complexity index is 1140. The van der Waals surface area contributed by atoms with Crippen molar-refractivity contribution in [2.24, 2.45) is 5.10 Å². The summed E-state index contributed by atoms with van der Waals surface area (Å²) in [5.74, 6) is -1.11. The van der Waals surface area contributed by atoms with Crippen molar-refractivity contribution in [3.05, 3.63) is 52.3 Å². The first-order valence-electron chi connectivity index (χ1n) is 9.29. The van der Waals surface area contributed by atoms with Gasteiger partial charge >= 0.3 is 0 Å². The van der Waals surface area contributed by atoms with E-state index in [0.29, 0.717) is 31.7 Å². The lowest BCUT2D eigenvalue weighted by molar-refractivity contribution is 0.0657. The molecule has 0 bridgehead atoms. The molecule has 166 valence electrons. The number of benzene rings is 1. The minimum atomic E-state index is -3.73. The van der Waals surface area contributed by atoms with Gasteiger partial charge in [0.1, 0.15) is 11.4 Å². The number of aromatic nitrogens is 1. The average molecular weight is 468 g/mol. The summed E-state index contributed by atoms with van der Waals surface area (Å²) in [4.78, 5) is 28.7. The number of carbonyl (C=O) groups is 2. The van der Waals surface area contributed by atoms with Crippen LogP contribution in [0.15, 0.2) is 35.6 Å². The van der Waals surface area contributed by atoms with Gasteiger partial charge in [0.2, 0.25) is 10.0 Å². The number of carbonyl (C=O) groups excluding carboxylic acids is 2. The molecule has 0 unspecified atom stereocenters. The van der Waals surface area contributed by atoms with Crippen molar-refractivity contribution in [3.8, 4) is 5.75 Å². The molecule has 1 aliphatic heterocycles. The van der Waals surface area contributed by atoms with E-state index in [4.69, 9.17) is 11.6 Å². The second-order valence-electron chi connectivity index (χ2n) is 7.18. The fraction of sp³-hybridized carbons (Fsp3) is 0.316. The van der Waals surface area contributed by atoms with Crippen LogP contribution in [0.5, 0.6) is 5.75 Å². The van der Waals surface area contributed by atoms with Gasteiger partial charge in [-0.25, -0.2) is 17.8 Å². The van der Waals surface area contributed by atoms with Crippen molar-refractivity contribution in [2.75, 3.05) is 39.5 Å². The molecule has 3 rings (SSSR count). The molecule has 0 aliphatic carbocycles. The van der Waals surface area contributed by atoms with Gasteiger partial charge in [0, 0.05) is 43.5 Å². The number of aromatic hydroxyl groups is 1. The largest absolute Gasteiger partial charge is 0.506 e. The number of amides is 2. The lowest BCUT2D eigenvalue weighted by atomic mass is 10.2. The van der Waals surface area contributed by atoms with Crippen LogP contribution in [-0.4, -0.2) is 84.8 Å². The predicted octanol–water partition coefficient (Wildman–Crippen LogP) is 0.806. The van der Waals surface area contributed by atoms with Crippen LogP contribution in [0.25, 0.3) is 0 Å². The van der Waals surface area contributed by atoms with E-state index in [1.165, 1.54) is 36.7 Å². The third kappa shape index (κ3) is 5.43. The van der Waals surface area contributed by atoms with Gasteiger partial charge in [-0.15, -0.1) is 0 Å². The lowest BCUT2D eigenvalue weighted by Gasteiger charge is -2.32. The summed E-state index contributed by atoms with van der Waals surface area (Å²) in [5, 5.41) is 13.3. The summed E-state index contributed by atoms with van der Waals surface area (Å²) >= 11 is 5.79. The number of phenolic OH excluding ortho intramolecular Hbond substituents is 1. The quantitative estimate of drug-likeness (QED) is 0.495. The monoisotopic (exact) mass is 467 g/mol. The Morgan fingerprint density at radius 2 is 1.87 bits per heavy atom. The van der Waals surface area contributed by atoms with E-state index in [1.807, 2.05) is 7.05 Å². The fourth-order valence-corrected chi connectivity index (χ4v) is 4.00.